The van der Waals surface area contributed by atoms with Crippen LogP contribution in [0, 0.1) is 25.2 Å². The van der Waals surface area contributed by atoms with E-state index in [0.717, 1.165) is 23.8 Å². The third-order valence-electron chi connectivity index (χ3n) is 11.8. The maximum Gasteiger partial charge on any atom is 0.287 e. The average Bonchev–Trinajstić information content (AvgIpc) is 3.62. The highest BCUT2D eigenvalue weighted by molar-refractivity contribution is 5.96. The molecule has 1 aromatic heterocycles. The number of phenolic OH excluding ortho intramolecular Hbond substituents is 2. The van der Waals surface area contributed by atoms with E-state index in [1.54, 1.807) is 26.4 Å². The normalized spacial score (nSPS) is 23.2. The van der Waals surface area contributed by atoms with Crippen molar-refractivity contribution < 1.29 is 47.8 Å². The molecule has 14 nitrogen and oxygen atoms in total. The summed E-state index contributed by atoms with van der Waals surface area (Å²) < 4.78 is 40.9. The monoisotopic (exact) mass is 754 g/mol. The van der Waals surface area contributed by atoms with Crippen LogP contribution in [-0.2, 0) is 17.6 Å². The molecule has 0 saturated carbocycles. The van der Waals surface area contributed by atoms with Gasteiger partial charge in [0.15, 0.2) is 28.8 Å². The van der Waals surface area contributed by atoms with E-state index in [9.17, 15) is 20.3 Å². The number of methoxy groups -OCH3 is 4. The van der Waals surface area contributed by atoms with E-state index in [0.29, 0.717) is 82.5 Å². The van der Waals surface area contributed by atoms with Crippen LogP contribution in [0.5, 0.6) is 40.2 Å². The first-order chi connectivity index (χ1) is 26.6. The molecule has 0 aliphatic carbocycles. The Hall–Kier alpha value is -5.36. The molecule has 290 valence electrons. The number of phenols is 2. The molecule has 1 amide bonds. The van der Waals surface area contributed by atoms with Gasteiger partial charge in [-0.2, -0.15) is 5.26 Å². The number of hydrogen-bond donors (Lipinski definition) is 4. The van der Waals surface area contributed by atoms with Gasteiger partial charge in [0.05, 0.1) is 59.8 Å². The first kappa shape index (κ1) is 36.6. The first-order valence-electron chi connectivity index (χ1n) is 18.6. The Morgan fingerprint density at radius 1 is 0.927 bits per heavy atom. The predicted octanol–water partition coefficient (Wildman–Crippen LogP) is 4.91. The minimum atomic E-state index is -0.723. The topological polar surface area (TPSA) is 177 Å². The van der Waals surface area contributed by atoms with Crippen LogP contribution in [0.15, 0.2) is 28.7 Å². The van der Waals surface area contributed by atoms with Crippen LogP contribution in [0.4, 0.5) is 0 Å². The first-order valence-corrected chi connectivity index (χ1v) is 18.6. The molecule has 4 aliphatic rings. The van der Waals surface area contributed by atoms with Gasteiger partial charge in [0.1, 0.15) is 35.0 Å². The zero-order valence-electron chi connectivity index (χ0n) is 31.8. The highest BCUT2D eigenvalue weighted by atomic mass is 16.5. The SMILES string of the molecule is COc1c(C)c(OC)c2c(c1O)[C@H]1N[C@@H](C2)[C@H](C#N)N2[C@@H](CNC(=O)c3cc4cc(OC5CCOCC5)ccc4o3)c3c(O)c(OC)c(C)c(OC)c3C[C@@H]12. The van der Waals surface area contributed by atoms with Crippen LogP contribution in [-0.4, -0.2) is 93.4 Å². The summed E-state index contributed by atoms with van der Waals surface area (Å²) in [6.45, 7) is 4.98. The third-order valence-corrected chi connectivity index (χ3v) is 11.8. The van der Waals surface area contributed by atoms with E-state index in [1.165, 1.54) is 14.2 Å². The molecule has 4 aromatic rings. The number of carbonyl (C=O) groups is 1. The van der Waals surface area contributed by atoms with Crippen molar-refractivity contribution in [2.75, 3.05) is 48.2 Å². The number of rotatable bonds is 9. The Labute approximate surface area is 318 Å². The van der Waals surface area contributed by atoms with Crippen molar-refractivity contribution in [3.05, 3.63) is 63.4 Å². The number of fused-ring (bicyclic) bond motifs is 8. The molecule has 5 heterocycles. The summed E-state index contributed by atoms with van der Waals surface area (Å²) in [5, 5.41) is 42.0. The largest absolute Gasteiger partial charge is 0.504 e. The lowest BCUT2D eigenvalue weighted by molar-refractivity contribution is -0.00138. The number of nitrogens with one attached hydrogen (secondary N) is 2. The van der Waals surface area contributed by atoms with Crippen molar-refractivity contribution in [1.82, 2.24) is 15.5 Å². The molecule has 4 N–H and O–H groups in total. The van der Waals surface area contributed by atoms with Gasteiger partial charge >= 0.3 is 0 Å². The zero-order chi connectivity index (χ0) is 38.7. The van der Waals surface area contributed by atoms with E-state index in [2.05, 4.69) is 21.6 Å². The lowest BCUT2D eigenvalue weighted by Gasteiger charge is -2.56. The van der Waals surface area contributed by atoms with Gasteiger partial charge < -0.3 is 53.7 Å². The van der Waals surface area contributed by atoms with Crippen molar-refractivity contribution in [1.29, 1.82) is 5.26 Å². The van der Waals surface area contributed by atoms with E-state index >= 15 is 0 Å². The minimum absolute atomic E-state index is 0.00256. The lowest BCUT2D eigenvalue weighted by Crippen LogP contribution is -2.68. The van der Waals surface area contributed by atoms with Crippen LogP contribution in [0.1, 0.15) is 68.9 Å². The molecule has 0 spiro atoms. The van der Waals surface area contributed by atoms with Gasteiger partial charge in [-0.05, 0) is 51.0 Å². The Kier molecular flexibility index (Phi) is 9.57. The number of nitriles is 1. The summed E-state index contributed by atoms with van der Waals surface area (Å²) in [5.41, 5.74) is 4.48. The van der Waals surface area contributed by atoms with E-state index in [-0.39, 0.29) is 41.7 Å². The molecule has 2 fully saturated rings. The third kappa shape index (κ3) is 5.84. The molecule has 3 aromatic carbocycles. The summed E-state index contributed by atoms with van der Waals surface area (Å²) >= 11 is 0. The van der Waals surface area contributed by atoms with Gasteiger partial charge in [-0.1, -0.05) is 0 Å². The van der Waals surface area contributed by atoms with E-state index < -0.39 is 30.1 Å². The van der Waals surface area contributed by atoms with Crippen LogP contribution < -0.4 is 34.3 Å². The number of hydrogen-bond acceptors (Lipinski definition) is 13. The second kappa shape index (κ2) is 14.4. The highest BCUT2D eigenvalue weighted by Crippen LogP contribution is 2.56. The molecule has 0 radical (unpaired) electrons. The molecule has 2 saturated heterocycles. The number of piperazine rings is 1. The van der Waals surface area contributed by atoms with E-state index in [4.69, 9.17) is 32.8 Å². The van der Waals surface area contributed by atoms with Crippen LogP contribution in [0.2, 0.25) is 0 Å². The van der Waals surface area contributed by atoms with Gasteiger partial charge in [0, 0.05) is 70.2 Å². The summed E-state index contributed by atoms with van der Waals surface area (Å²) in [4.78, 5) is 16.0. The maximum absolute atomic E-state index is 13.9. The molecule has 55 heavy (non-hydrogen) atoms. The summed E-state index contributed by atoms with van der Waals surface area (Å²) in [7, 11) is 6.14. The zero-order valence-corrected chi connectivity index (χ0v) is 31.8. The van der Waals surface area contributed by atoms with Crippen LogP contribution in [0.3, 0.4) is 0 Å². The predicted molar refractivity (Wildman–Crippen MR) is 200 cm³/mol. The fourth-order valence-corrected chi connectivity index (χ4v) is 9.47. The number of amides is 1. The number of aromatic hydroxyl groups is 2. The fraction of sp³-hybridized carbons (Fsp3) is 0.463. The molecular formula is C41H46N4O10. The highest BCUT2D eigenvalue weighted by Gasteiger charge is 2.54. The number of furan rings is 1. The Morgan fingerprint density at radius 2 is 1.56 bits per heavy atom. The van der Waals surface area contributed by atoms with Gasteiger partial charge in [-0.25, -0.2) is 0 Å². The van der Waals surface area contributed by atoms with Gasteiger partial charge in [0.25, 0.3) is 5.91 Å². The Balaban J connectivity index is 1.19. The molecular weight excluding hydrogens is 708 g/mol. The van der Waals surface area contributed by atoms with Crippen LogP contribution in [0.25, 0.3) is 11.0 Å². The van der Waals surface area contributed by atoms with Crippen molar-refractivity contribution in [2.45, 2.75) is 75.8 Å². The van der Waals surface area contributed by atoms with Gasteiger partial charge in [-0.3, -0.25) is 9.69 Å². The smallest absolute Gasteiger partial charge is 0.287 e. The summed E-state index contributed by atoms with van der Waals surface area (Å²) in [6, 6.07) is 6.95. The van der Waals surface area contributed by atoms with Crippen molar-refractivity contribution in [3.8, 4) is 46.3 Å². The molecule has 8 rings (SSSR count). The van der Waals surface area contributed by atoms with Gasteiger partial charge in [0.2, 0.25) is 0 Å². The van der Waals surface area contributed by atoms with Gasteiger partial charge in [-0.15, -0.1) is 0 Å². The Bertz CT molecular complexity index is 2210. The summed E-state index contributed by atoms with van der Waals surface area (Å²) in [5.74, 6) is 1.96. The molecule has 0 unspecified atom stereocenters. The fourth-order valence-electron chi connectivity index (χ4n) is 9.47. The van der Waals surface area contributed by atoms with Crippen molar-refractivity contribution in [3.63, 3.8) is 0 Å². The minimum Gasteiger partial charge on any atom is -0.504 e. The van der Waals surface area contributed by atoms with Crippen LogP contribution >= 0.6 is 0 Å². The number of nitrogens with zero attached hydrogens (tertiary/aromatic N) is 2. The molecule has 14 heteroatoms. The molecule has 4 aliphatic heterocycles. The van der Waals surface area contributed by atoms with Crippen molar-refractivity contribution >= 4 is 16.9 Å². The number of ether oxygens (including phenoxy) is 6. The quantitative estimate of drug-likeness (QED) is 0.181. The average molecular weight is 755 g/mol. The standard InChI is InChI=1S/C41H46N4O10/c1-19-37(49-3)24-15-26-28(17-42)45-27(34(44-26)33(24)36(47)40(19)52-6)16-25-32(35(46)39(51-5)20(2)38(25)50-4)29(45)18-43-41(48)31-14-21-13-23(7-8-30(21)55-31)54-22-9-11-53-12-10-22/h7-8,13-14,22,26-29,34,44,46-47H,9-12,15-16,18H2,1-6H3,(H,43,48)/t26-,27-,28-,29-,34-/m0/s1. The molecule has 2 bridgehead atoms. The summed E-state index contributed by atoms with van der Waals surface area (Å²) in [6.07, 6.45) is 2.40. The van der Waals surface area contributed by atoms with E-state index in [1.807, 2.05) is 26.0 Å². The number of benzene rings is 3. The van der Waals surface area contributed by atoms with Crippen molar-refractivity contribution in [2.24, 2.45) is 0 Å². The Morgan fingerprint density at radius 3 is 2.20 bits per heavy atom. The second-order valence-electron chi connectivity index (χ2n) is 14.6. The number of carbonyl (C=O) groups excluding carboxylic acids is 1. The maximum atomic E-state index is 13.9. The lowest BCUT2D eigenvalue weighted by atomic mass is 9.72. The molecule has 5 atom stereocenters. The second-order valence-corrected chi connectivity index (χ2v) is 14.6.